The molecule has 1 aromatic carbocycles. The van der Waals surface area contributed by atoms with Crippen LogP contribution in [0.15, 0.2) is 18.2 Å². The SMILES string of the molecule is Cc1[nH]nc(C(=O)Nc2ccc(F)cc2F)c1C. The summed E-state index contributed by atoms with van der Waals surface area (Å²) in [5, 5.41) is 8.83. The highest BCUT2D eigenvalue weighted by atomic mass is 19.1. The van der Waals surface area contributed by atoms with E-state index in [-0.39, 0.29) is 11.4 Å². The Hall–Kier alpha value is -2.24. The summed E-state index contributed by atoms with van der Waals surface area (Å²) in [6, 6.07) is 2.94. The van der Waals surface area contributed by atoms with Gasteiger partial charge in [0.2, 0.25) is 0 Å². The van der Waals surface area contributed by atoms with Crippen molar-refractivity contribution >= 4 is 11.6 Å². The first kappa shape index (κ1) is 12.2. The molecule has 0 saturated heterocycles. The third-order valence-corrected chi connectivity index (χ3v) is 2.65. The molecule has 0 radical (unpaired) electrons. The number of halogens is 2. The molecule has 6 heteroatoms. The predicted molar refractivity (Wildman–Crippen MR) is 62.4 cm³/mol. The fraction of sp³-hybridized carbons (Fsp3) is 0.167. The number of hydrogen-bond acceptors (Lipinski definition) is 2. The lowest BCUT2D eigenvalue weighted by Gasteiger charge is -2.05. The van der Waals surface area contributed by atoms with Gasteiger partial charge in [-0.2, -0.15) is 5.10 Å². The molecule has 1 amide bonds. The summed E-state index contributed by atoms with van der Waals surface area (Å²) < 4.78 is 26.1. The van der Waals surface area contributed by atoms with Gasteiger partial charge in [0.15, 0.2) is 5.69 Å². The average molecular weight is 251 g/mol. The normalized spacial score (nSPS) is 10.4. The Kier molecular flexibility index (Phi) is 3.10. The fourth-order valence-electron chi connectivity index (χ4n) is 1.48. The van der Waals surface area contributed by atoms with Crippen LogP contribution in [0.2, 0.25) is 0 Å². The number of anilines is 1. The molecule has 2 N–H and O–H groups in total. The van der Waals surface area contributed by atoms with Crippen molar-refractivity contribution < 1.29 is 13.6 Å². The zero-order chi connectivity index (χ0) is 13.3. The largest absolute Gasteiger partial charge is 0.318 e. The monoisotopic (exact) mass is 251 g/mol. The highest BCUT2D eigenvalue weighted by Gasteiger charge is 2.16. The number of amides is 1. The van der Waals surface area contributed by atoms with Crippen LogP contribution in [0.5, 0.6) is 0 Å². The molecule has 1 aromatic heterocycles. The number of benzene rings is 1. The Bertz CT molecular complexity index is 607. The molecule has 0 unspecified atom stereocenters. The van der Waals surface area contributed by atoms with E-state index in [0.29, 0.717) is 11.6 Å². The molecule has 1 heterocycles. The molecule has 0 atom stereocenters. The summed E-state index contributed by atoms with van der Waals surface area (Å²) in [7, 11) is 0. The summed E-state index contributed by atoms with van der Waals surface area (Å²) in [5.74, 6) is -2.06. The van der Waals surface area contributed by atoms with E-state index in [1.54, 1.807) is 13.8 Å². The van der Waals surface area contributed by atoms with E-state index < -0.39 is 17.5 Å². The van der Waals surface area contributed by atoms with E-state index in [4.69, 9.17) is 0 Å². The van der Waals surface area contributed by atoms with Gasteiger partial charge in [0.05, 0.1) is 5.69 Å². The van der Waals surface area contributed by atoms with Crippen LogP contribution >= 0.6 is 0 Å². The molecule has 2 aromatic rings. The maximum atomic E-state index is 13.3. The van der Waals surface area contributed by atoms with Gasteiger partial charge in [-0.3, -0.25) is 9.89 Å². The second kappa shape index (κ2) is 4.56. The molecular formula is C12H11F2N3O. The van der Waals surface area contributed by atoms with E-state index in [0.717, 1.165) is 17.8 Å². The number of aryl methyl sites for hydroxylation is 1. The minimum Gasteiger partial charge on any atom is -0.318 e. The van der Waals surface area contributed by atoms with Crippen LogP contribution in [0.4, 0.5) is 14.5 Å². The van der Waals surface area contributed by atoms with Crippen molar-refractivity contribution in [1.82, 2.24) is 10.2 Å². The Morgan fingerprint density at radius 2 is 2.06 bits per heavy atom. The van der Waals surface area contributed by atoms with Gasteiger partial charge in [-0.05, 0) is 26.0 Å². The summed E-state index contributed by atoms with van der Waals surface area (Å²) >= 11 is 0. The molecule has 0 aliphatic heterocycles. The van der Waals surface area contributed by atoms with Crippen LogP contribution in [0, 0.1) is 25.5 Å². The van der Waals surface area contributed by atoms with Crippen LogP contribution in [0.25, 0.3) is 0 Å². The van der Waals surface area contributed by atoms with Gasteiger partial charge in [0.25, 0.3) is 5.91 Å². The third kappa shape index (κ3) is 2.22. The number of H-pyrrole nitrogens is 1. The first-order chi connectivity index (χ1) is 8.49. The molecule has 0 saturated carbocycles. The van der Waals surface area contributed by atoms with Crippen LogP contribution in [-0.4, -0.2) is 16.1 Å². The van der Waals surface area contributed by atoms with Gasteiger partial charge in [-0.15, -0.1) is 0 Å². The lowest BCUT2D eigenvalue weighted by Crippen LogP contribution is -2.14. The molecule has 0 spiro atoms. The van der Waals surface area contributed by atoms with Gasteiger partial charge in [0, 0.05) is 17.3 Å². The molecule has 2 rings (SSSR count). The molecule has 18 heavy (non-hydrogen) atoms. The number of carbonyl (C=O) groups is 1. The van der Waals surface area contributed by atoms with Crippen LogP contribution in [-0.2, 0) is 0 Å². The number of aromatic nitrogens is 2. The fourth-order valence-corrected chi connectivity index (χ4v) is 1.48. The smallest absolute Gasteiger partial charge is 0.276 e. The average Bonchev–Trinajstić information content (AvgIpc) is 2.64. The molecule has 94 valence electrons. The second-order valence-electron chi connectivity index (χ2n) is 3.90. The molecule has 0 aliphatic rings. The highest BCUT2D eigenvalue weighted by Crippen LogP contribution is 2.17. The minimum absolute atomic E-state index is 0.0820. The van der Waals surface area contributed by atoms with Crippen molar-refractivity contribution in [1.29, 1.82) is 0 Å². The van der Waals surface area contributed by atoms with Gasteiger partial charge in [-0.25, -0.2) is 8.78 Å². The topological polar surface area (TPSA) is 57.8 Å². The van der Waals surface area contributed by atoms with Gasteiger partial charge in [0.1, 0.15) is 11.6 Å². The van der Waals surface area contributed by atoms with Crippen molar-refractivity contribution in [3.63, 3.8) is 0 Å². The number of aromatic amines is 1. The number of nitrogens with zero attached hydrogens (tertiary/aromatic N) is 1. The maximum absolute atomic E-state index is 13.3. The Morgan fingerprint density at radius 3 is 2.61 bits per heavy atom. The first-order valence-corrected chi connectivity index (χ1v) is 5.27. The van der Waals surface area contributed by atoms with Crippen molar-refractivity contribution in [2.24, 2.45) is 0 Å². The summed E-state index contributed by atoms with van der Waals surface area (Å²) in [6.45, 7) is 3.51. The Morgan fingerprint density at radius 1 is 1.33 bits per heavy atom. The van der Waals surface area contributed by atoms with E-state index >= 15 is 0 Å². The van der Waals surface area contributed by atoms with E-state index in [1.807, 2.05) is 0 Å². The summed E-state index contributed by atoms with van der Waals surface area (Å²) in [4.78, 5) is 11.8. The molecular weight excluding hydrogens is 240 g/mol. The summed E-state index contributed by atoms with van der Waals surface area (Å²) in [6.07, 6.45) is 0. The van der Waals surface area contributed by atoms with Crippen LogP contribution < -0.4 is 5.32 Å². The minimum atomic E-state index is -0.826. The first-order valence-electron chi connectivity index (χ1n) is 5.27. The van der Waals surface area contributed by atoms with Gasteiger partial charge < -0.3 is 5.32 Å². The second-order valence-corrected chi connectivity index (χ2v) is 3.90. The Labute approximate surface area is 102 Å². The van der Waals surface area contributed by atoms with E-state index in [9.17, 15) is 13.6 Å². The highest BCUT2D eigenvalue weighted by molar-refractivity contribution is 6.04. The molecule has 4 nitrogen and oxygen atoms in total. The van der Waals surface area contributed by atoms with Crippen molar-refractivity contribution in [2.75, 3.05) is 5.32 Å². The number of carbonyl (C=O) groups excluding carboxylic acids is 1. The summed E-state index contributed by atoms with van der Waals surface area (Å²) in [5.41, 5.74) is 1.56. The predicted octanol–water partition coefficient (Wildman–Crippen LogP) is 2.56. The van der Waals surface area contributed by atoms with E-state index in [2.05, 4.69) is 15.5 Å². The van der Waals surface area contributed by atoms with E-state index in [1.165, 1.54) is 0 Å². The van der Waals surface area contributed by atoms with Gasteiger partial charge >= 0.3 is 0 Å². The maximum Gasteiger partial charge on any atom is 0.276 e. The third-order valence-electron chi connectivity index (χ3n) is 2.65. The van der Waals surface area contributed by atoms with Crippen LogP contribution in [0.3, 0.4) is 0 Å². The number of rotatable bonds is 2. The number of hydrogen-bond donors (Lipinski definition) is 2. The molecule has 0 aliphatic carbocycles. The Balaban J connectivity index is 2.24. The number of nitrogens with one attached hydrogen (secondary N) is 2. The zero-order valence-corrected chi connectivity index (χ0v) is 9.84. The standard InChI is InChI=1S/C12H11F2N3O/c1-6-7(2)16-17-11(6)12(18)15-10-4-3-8(13)5-9(10)14/h3-5H,1-2H3,(H,15,18)(H,16,17). The zero-order valence-electron chi connectivity index (χ0n) is 9.84. The van der Waals surface area contributed by atoms with Crippen molar-refractivity contribution in [2.45, 2.75) is 13.8 Å². The lowest BCUT2D eigenvalue weighted by molar-refractivity contribution is 0.102. The van der Waals surface area contributed by atoms with Crippen LogP contribution in [0.1, 0.15) is 21.7 Å². The molecule has 0 bridgehead atoms. The van der Waals surface area contributed by atoms with Crippen molar-refractivity contribution in [3.8, 4) is 0 Å². The van der Waals surface area contributed by atoms with Crippen molar-refractivity contribution in [3.05, 3.63) is 46.8 Å². The molecule has 0 fully saturated rings. The lowest BCUT2D eigenvalue weighted by atomic mass is 10.2. The van der Waals surface area contributed by atoms with Gasteiger partial charge in [-0.1, -0.05) is 0 Å². The quantitative estimate of drug-likeness (QED) is 0.861.